The Balaban J connectivity index is 3.61. The zero-order valence-corrected chi connectivity index (χ0v) is 14.3. The summed E-state index contributed by atoms with van der Waals surface area (Å²) in [5.74, 6) is 0. The molecule has 2 N–H and O–H groups in total. The maximum Gasteiger partial charge on any atom is 0.407 e. The molecule has 0 rings (SSSR count). The van der Waals surface area contributed by atoms with E-state index < -0.39 is 5.60 Å². The molecule has 0 aliphatic heterocycles. The SMILES string of the molecule is CN(C)CC(C)(C)CNCCCNC(=O)OC(C)(C)C. The number of nitrogens with one attached hydrogen (secondary N) is 2. The van der Waals surface area contributed by atoms with E-state index in [-0.39, 0.29) is 11.5 Å². The molecule has 1 amide bonds. The first-order chi connectivity index (χ1) is 9.02. The maximum atomic E-state index is 11.4. The summed E-state index contributed by atoms with van der Waals surface area (Å²) < 4.78 is 5.17. The van der Waals surface area contributed by atoms with E-state index >= 15 is 0 Å². The Bertz CT molecular complexity index is 283. The number of nitrogens with zero attached hydrogens (tertiary/aromatic N) is 1. The molecule has 0 unspecified atom stereocenters. The Morgan fingerprint density at radius 1 is 1.10 bits per heavy atom. The highest BCUT2D eigenvalue weighted by atomic mass is 16.6. The van der Waals surface area contributed by atoms with Crippen molar-refractivity contribution in [2.24, 2.45) is 5.41 Å². The first kappa shape index (κ1) is 19.2. The van der Waals surface area contributed by atoms with E-state index in [0.717, 1.165) is 26.1 Å². The second kappa shape index (κ2) is 8.47. The van der Waals surface area contributed by atoms with Gasteiger partial charge < -0.3 is 20.3 Å². The van der Waals surface area contributed by atoms with Gasteiger partial charge in [-0.1, -0.05) is 13.8 Å². The first-order valence-electron chi connectivity index (χ1n) is 7.34. The summed E-state index contributed by atoms with van der Waals surface area (Å²) in [4.78, 5) is 13.6. The standard InChI is InChI=1S/C15H33N3O2/c1-14(2,3)20-13(19)17-10-8-9-16-11-15(4,5)12-18(6)7/h16H,8-12H2,1-7H3,(H,17,19). The van der Waals surface area contributed by atoms with Crippen molar-refractivity contribution in [2.45, 2.75) is 46.6 Å². The van der Waals surface area contributed by atoms with Crippen LogP contribution in [0.4, 0.5) is 4.79 Å². The fourth-order valence-corrected chi connectivity index (χ4v) is 2.06. The average molecular weight is 287 g/mol. The molecule has 0 heterocycles. The van der Waals surface area contributed by atoms with E-state index in [1.54, 1.807) is 0 Å². The number of hydrogen-bond acceptors (Lipinski definition) is 4. The third-order valence-corrected chi connectivity index (χ3v) is 2.55. The Morgan fingerprint density at radius 3 is 2.20 bits per heavy atom. The fraction of sp³-hybridized carbons (Fsp3) is 0.933. The summed E-state index contributed by atoms with van der Waals surface area (Å²) in [6.07, 6.45) is 0.558. The van der Waals surface area contributed by atoms with Crippen LogP contribution < -0.4 is 10.6 Å². The van der Waals surface area contributed by atoms with Gasteiger partial charge in [0.25, 0.3) is 0 Å². The van der Waals surface area contributed by atoms with Crippen molar-refractivity contribution in [3.8, 4) is 0 Å². The molecular weight excluding hydrogens is 254 g/mol. The summed E-state index contributed by atoms with van der Waals surface area (Å²) in [6.45, 7) is 13.6. The highest BCUT2D eigenvalue weighted by Crippen LogP contribution is 2.13. The van der Waals surface area contributed by atoms with Crippen molar-refractivity contribution in [3.63, 3.8) is 0 Å². The third kappa shape index (κ3) is 12.2. The maximum absolute atomic E-state index is 11.4. The highest BCUT2D eigenvalue weighted by Gasteiger charge is 2.18. The summed E-state index contributed by atoms with van der Waals surface area (Å²) in [5.41, 5.74) is -0.180. The van der Waals surface area contributed by atoms with Crippen LogP contribution in [0.15, 0.2) is 0 Å². The number of rotatable bonds is 8. The average Bonchev–Trinajstić information content (AvgIpc) is 2.18. The van der Waals surface area contributed by atoms with Gasteiger partial charge in [-0.3, -0.25) is 0 Å². The van der Waals surface area contributed by atoms with Crippen molar-refractivity contribution in [1.29, 1.82) is 0 Å². The van der Waals surface area contributed by atoms with Gasteiger partial charge in [0.05, 0.1) is 0 Å². The number of alkyl carbamates (subject to hydrolysis) is 1. The summed E-state index contributed by atoms with van der Waals surface area (Å²) in [6, 6.07) is 0. The van der Waals surface area contributed by atoms with E-state index in [1.165, 1.54) is 0 Å². The van der Waals surface area contributed by atoms with Gasteiger partial charge in [0.2, 0.25) is 0 Å². The zero-order valence-electron chi connectivity index (χ0n) is 14.3. The number of hydrogen-bond donors (Lipinski definition) is 2. The Morgan fingerprint density at radius 2 is 1.70 bits per heavy atom. The smallest absolute Gasteiger partial charge is 0.407 e. The molecule has 0 aromatic carbocycles. The van der Waals surface area contributed by atoms with Crippen LogP contribution in [0.2, 0.25) is 0 Å². The highest BCUT2D eigenvalue weighted by molar-refractivity contribution is 5.67. The van der Waals surface area contributed by atoms with Crippen molar-refractivity contribution in [2.75, 3.05) is 40.3 Å². The van der Waals surface area contributed by atoms with Gasteiger partial charge in [-0.2, -0.15) is 0 Å². The molecular formula is C15H33N3O2. The van der Waals surface area contributed by atoms with Crippen molar-refractivity contribution >= 4 is 6.09 Å². The molecule has 0 fully saturated rings. The van der Waals surface area contributed by atoms with Crippen LogP contribution in [0.25, 0.3) is 0 Å². The molecule has 0 aromatic heterocycles. The van der Waals surface area contributed by atoms with Gasteiger partial charge in [0, 0.05) is 19.6 Å². The second-order valence-corrected chi connectivity index (χ2v) is 7.36. The van der Waals surface area contributed by atoms with Crippen LogP contribution in [0.3, 0.4) is 0 Å². The topological polar surface area (TPSA) is 53.6 Å². The molecule has 0 bridgehead atoms. The number of carbonyl (C=O) groups excluding carboxylic acids is 1. The van der Waals surface area contributed by atoms with Crippen LogP contribution in [-0.2, 0) is 4.74 Å². The summed E-state index contributed by atoms with van der Waals surface area (Å²) in [5, 5.41) is 6.19. The van der Waals surface area contributed by atoms with Gasteiger partial charge in [-0.25, -0.2) is 4.79 Å². The molecule has 120 valence electrons. The van der Waals surface area contributed by atoms with Crippen molar-refractivity contribution in [1.82, 2.24) is 15.5 Å². The molecule has 0 radical (unpaired) electrons. The van der Waals surface area contributed by atoms with Gasteiger partial charge >= 0.3 is 6.09 Å². The van der Waals surface area contributed by atoms with Crippen LogP contribution in [0, 0.1) is 5.41 Å². The quantitative estimate of drug-likeness (QED) is 0.671. The Kier molecular flexibility index (Phi) is 8.13. The fourth-order valence-electron chi connectivity index (χ4n) is 2.06. The lowest BCUT2D eigenvalue weighted by Crippen LogP contribution is -2.38. The predicted molar refractivity (Wildman–Crippen MR) is 84.1 cm³/mol. The van der Waals surface area contributed by atoms with Crippen LogP contribution in [-0.4, -0.2) is 56.9 Å². The summed E-state index contributed by atoms with van der Waals surface area (Å²) >= 11 is 0. The zero-order chi connectivity index (χ0) is 15.8. The number of carbonyl (C=O) groups is 1. The van der Waals surface area contributed by atoms with E-state index in [1.807, 2.05) is 20.8 Å². The van der Waals surface area contributed by atoms with Crippen LogP contribution in [0.5, 0.6) is 0 Å². The lowest BCUT2D eigenvalue weighted by Gasteiger charge is -2.28. The molecule has 5 nitrogen and oxygen atoms in total. The molecule has 0 aliphatic carbocycles. The molecule has 0 atom stereocenters. The molecule has 0 aliphatic rings. The summed E-state index contributed by atoms with van der Waals surface area (Å²) in [7, 11) is 4.18. The van der Waals surface area contributed by atoms with E-state index in [2.05, 4.69) is 43.5 Å². The molecule has 0 saturated carbocycles. The molecule has 0 spiro atoms. The van der Waals surface area contributed by atoms with E-state index in [9.17, 15) is 4.79 Å². The van der Waals surface area contributed by atoms with Crippen LogP contribution >= 0.6 is 0 Å². The largest absolute Gasteiger partial charge is 0.444 e. The van der Waals surface area contributed by atoms with Gasteiger partial charge in [0.1, 0.15) is 5.60 Å². The van der Waals surface area contributed by atoms with E-state index in [0.29, 0.717) is 6.54 Å². The van der Waals surface area contributed by atoms with Gasteiger partial charge in [-0.15, -0.1) is 0 Å². The minimum Gasteiger partial charge on any atom is -0.444 e. The van der Waals surface area contributed by atoms with Gasteiger partial charge in [-0.05, 0) is 53.2 Å². The minimum absolute atomic E-state index is 0.252. The molecule has 0 saturated heterocycles. The predicted octanol–water partition coefficient (Wildman–Crippen LogP) is 2.08. The number of amides is 1. The molecule has 5 heteroatoms. The second-order valence-electron chi connectivity index (χ2n) is 7.36. The third-order valence-electron chi connectivity index (χ3n) is 2.55. The molecule has 0 aromatic rings. The number of ether oxygens (including phenoxy) is 1. The monoisotopic (exact) mass is 287 g/mol. The lowest BCUT2D eigenvalue weighted by molar-refractivity contribution is 0.0527. The van der Waals surface area contributed by atoms with Gasteiger partial charge in [0.15, 0.2) is 0 Å². The normalized spacial score (nSPS) is 12.6. The first-order valence-corrected chi connectivity index (χ1v) is 7.34. The van der Waals surface area contributed by atoms with Crippen LogP contribution in [0.1, 0.15) is 41.0 Å². The Hall–Kier alpha value is -0.810. The van der Waals surface area contributed by atoms with Crippen molar-refractivity contribution < 1.29 is 9.53 Å². The Labute approximate surface area is 124 Å². The molecule has 20 heavy (non-hydrogen) atoms. The van der Waals surface area contributed by atoms with Crippen molar-refractivity contribution in [3.05, 3.63) is 0 Å². The van der Waals surface area contributed by atoms with E-state index in [4.69, 9.17) is 4.74 Å². The lowest BCUT2D eigenvalue weighted by atomic mass is 9.93. The minimum atomic E-state index is -0.432.